The topological polar surface area (TPSA) is 95.1 Å². The average molecular weight is 536 g/mol. The van der Waals surface area contributed by atoms with E-state index in [0.717, 1.165) is 30.9 Å². The number of hydrogen-bond acceptors (Lipinski definition) is 8. The van der Waals surface area contributed by atoms with E-state index in [1.54, 1.807) is 6.07 Å². The quantitative estimate of drug-likeness (QED) is 0.206. The van der Waals surface area contributed by atoms with Crippen molar-refractivity contribution in [1.29, 1.82) is 0 Å². The molecule has 0 bridgehead atoms. The van der Waals surface area contributed by atoms with E-state index in [-0.39, 0.29) is 5.91 Å². The van der Waals surface area contributed by atoms with Crippen LogP contribution in [0.3, 0.4) is 0 Å². The molecule has 0 aliphatic heterocycles. The molecule has 0 atom stereocenters. The number of aromatic nitrogens is 3. The highest BCUT2D eigenvalue weighted by molar-refractivity contribution is 7.17. The molecule has 2 heterocycles. The number of nitrogens with one attached hydrogen (secondary N) is 3. The van der Waals surface area contributed by atoms with Crippen molar-refractivity contribution in [3.8, 4) is 0 Å². The Labute approximate surface area is 226 Å². The Morgan fingerprint density at radius 2 is 1.70 bits per heavy atom. The van der Waals surface area contributed by atoms with E-state index in [0.29, 0.717) is 38.2 Å². The molecule has 192 valence electrons. The number of benzene rings is 2. The van der Waals surface area contributed by atoms with Crippen molar-refractivity contribution in [2.45, 2.75) is 34.2 Å². The van der Waals surface area contributed by atoms with Crippen molar-refractivity contribution in [2.75, 3.05) is 29.0 Å². The van der Waals surface area contributed by atoms with Crippen LogP contribution in [0.25, 0.3) is 0 Å². The summed E-state index contributed by atoms with van der Waals surface area (Å²) in [5.74, 6) is 1.58. The molecule has 0 aliphatic rings. The molecule has 37 heavy (non-hydrogen) atoms. The van der Waals surface area contributed by atoms with Gasteiger partial charge in [-0.2, -0.15) is 0 Å². The Hall–Kier alpha value is -3.53. The van der Waals surface area contributed by atoms with Crippen molar-refractivity contribution >= 4 is 57.0 Å². The van der Waals surface area contributed by atoms with Crippen molar-refractivity contribution in [3.05, 3.63) is 81.6 Å². The fourth-order valence-electron chi connectivity index (χ4n) is 3.75. The maximum absolute atomic E-state index is 12.7. The maximum atomic E-state index is 12.7. The molecule has 2 aromatic carbocycles. The second-order valence-corrected chi connectivity index (χ2v) is 9.95. The standard InChI is InChI=1S/C27H30ClN7OS/c1-5-35(6-2)16-19-10-12-20(13-11-19)32-23-14-24(31-18(4)30-23)33-27-29-15-22(37-27)26(36)34-25-17(3)8-7-9-21(25)28/h7-15H,5-6,16H2,1-4H3,(H,34,36)(H2,29,30,31,32,33). The predicted octanol–water partition coefficient (Wildman–Crippen LogP) is 6.78. The van der Waals surface area contributed by atoms with E-state index in [9.17, 15) is 4.79 Å². The van der Waals surface area contributed by atoms with E-state index < -0.39 is 0 Å². The molecule has 0 saturated heterocycles. The minimum Gasteiger partial charge on any atom is -0.340 e. The van der Waals surface area contributed by atoms with Gasteiger partial charge >= 0.3 is 0 Å². The Kier molecular flexibility index (Phi) is 8.70. The summed E-state index contributed by atoms with van der Waals surface area (Å²) in [5.41, 5.74) is 3.69. The Bertz CT molecular complexity index is 1350. The summed E-state index contributed by atoms with van der Waals surface area (Å²) < 4.78 is 0. The lowest BCUT2D eigenvalue weighted by Crippen LogP contribution is -2.21. The summed E-state index contributed by atoms with van der Waals surface area (Å²) in [6.07, 6.45) is 1.53. The number of halogens is 1. The van der Waals surface area contributed by atoms with Crippen LogP contribution in [0, 0.1) is 13.8 Å². The predicted molar refractivity (Wildman–Crippen MR) is 153 cm³/mol. The van der Waals surface area contributed by atoms with Gasteiger partial charge in [0.25, 0.3) is 5.91 Å². The zero-order valence-corrected chi connectivity index (χ0v) is 22.9. The third-order valence-electron chi connectivity index (χ3n) is 5.79. The fourth-order valence-corrected chi connectivity index (χ4v) is 4.74. The number of rotatable bonds is 10. The largest absolute Gasteiger partial charge is 0.340 e. The molecular formula is C27H30ClN7OS. The molecule has 4 rings (SSSR count). The van der Waals surface area contributed by atoms with Crippen LogP contribution in [0.2, 0.25) is 5.02 Å². The van der Waals surface area contributed by atoms with E-state index in [1.807, 2.05) is 32.0 Å². The van der Waals surface area contributed by atoms with Gasteiger partial charge in [-0.25, -0.2) is 15.0 Å². The molecule has 4 aromatic rings. The molecule has 0 aliphatic carbocycles. The minimum absolute atomic E-state index is 0.271. The lowest BCUT2D eigenvalue weighted by atomic mass is 10.2. The number of nitrogens with zero attached hydrogens (tertiary/aromatic N) is 4. The van der Waals surface area contributed by atoms with Gasteiger partial charge in [0, 0.05) is 18.3 Å². The zero-order chi connectivity index (χ0) is 26.4. The molecule has 2 aromatic heterocycles. The Morgan fingerprint density at radius 1 is 1.00 bits per heavy atom. The molecule has 0 fully saturated rings. The summed E-state index contributed by atoms with van der Waals surface area (Å²) >= 11 is 7.47. The van der Waals surface area contributed by atoms with Crippen LogP contribution in [0.4, 0.5) is 28.1 Å². The molecular weight excluding hydrogens is 506 g/mol. The van der Waals surface area contributed by atoms with Gasteiger partial charge in [0.15, 0.2) is 5.13 Å². The number of para-hydroxylation sites is 1. The maximum Gasteiger partial charge on any atom is 0.267 e. The molecule has 1 amide bonds. The summed E-state index contributed by atoms with van der Waals surface area (Å²) in [6, 6.07) is 15.6. The van der Waals surface area contributed by atoms with Crippen molar-refractivity contribution < 1.29 is 4.79 Å². The lowest BCUT2D eigenvalue weighted by Gasteiger charge is -2.18. The van der Waals surface area contributed by atoms with Crippen molar-refractivity contribution in [1.82, 2.24) is 19.9 Å². The van der Waals surface area contributed by atoms with Crippen LogP contribution in [0.1, 0.15) is 40.5 Å². The molecule has 8 nitrogen and oxygen atoms in total. The van der Waals surface area contributed by atoms with Crippen LogP contribution >= 0.6 is 22.9 Å². The summed E-state index contributed by atoms with van der Waals surface area (Å²) in [7, 11) is 0. The highest BCUT2D eigenvalue weighted by Crippen LogP contribution is 2.28. The number of carbonyl (C=O) groups excluding carboxylic acids is 1. The first-order chi connectivity index (χ1) is 17.8. The minimum atomic E-state index is -0.271. The number of anilines is 5. The first kappa shape index (κ1) is 26.5. The number of hydrogen-bond donors (Lipinski definition) is 3. The normalized spacial score (nSPS) is 11.0. The van der Waals surface area contributed by atoms with Gasteiger partial charge in [-0.15, -0.1) is 0 Å². The van der Waals surface area contributed by atoms with Gasteiger partial charge < -0.3 is 16.0 Å². The van der Waals surface area contributed by atoms with E-state index >= 15 is 0 Å². The molecule has 10 heteroatoms. The number of amides is 1. The Morgan fingerprint density at radius 3 is 2.38 bits per heavy atom. The van der Waals surface area contributed by atoms with Gasteiger partial charge in [-0.1, -0.05) is 61.1 Å². The monoisotopic (exact) mass is 535 g/mol. The highest BCUT2D eigenvalue weighted by Gasteiger charge is 2.15. The Balaban J connectivity index is 1.42. The molecule has 0 unspecified atom stereocenters. The first-order valence-corrected chi connectivity index (χ1v) is 13.3. The summed E-state index contributed by atoms with van der Waals surface area (Å²) in [6.45, 7) is 11.1. The fraction of sp³-hybridized carbons (Fsp3) is 0.259. The lowest BCUT2D eigenvalue weighted by molar-refractivity contribution is 0.103. The van der Waals surface area contributed by atoms with Crippen LogP contribution in [-0.2, 0) is 6.54 Å². The third kappa shape index (κ3) is 7.03. The van der Waals surface area contributed by atoms with Crippen LogP contribution in [0.5, 0.6) is 0 Å². The van der Waals surface area contributed by atoms with Gasteiger partial charge in [-0.05, 0) is 56.3 Å². The van der Waals surface area contributed by atoms with Crippen LogP contribution in [-0.4, -0.2) is 38.8 Å². The van der Waals surface area contributed by atoms with Gasteiger partial charge in [0.2, 0.25) is 0 Å². The van der Waals surface area contributed by atoms with Crippen LogP contribution < -0.4 is 16.0 Å². The number of carbonyl (C=O) groups is 1. The second kappa shape index (κ2) is 12.1. The third-order valence-corrected chi connectivity index (χ3v) is 7.02. The van der Waals surface area contributed by atoms with Crippen molar-refractivity contribution in [2.24, 2.45) is 0 Å². The zero-order valence-electron chi connectivity index (χ0n) is 21.3. The molecule has 0 spiro atoms. The molecule has 0 saturated carbocycles. The smallest absolute Gasteiger partial charge is 0.267 e. The second-order valence-electron chi connectivity index (χ2n) is 8.51. The van der Waals surface area contributed by atoms with E-state index in [2.05, 4.69) is 73.9 Å². The van der Waals surface area contributed by atoms with Crippen molar-refractivity contribution in [3.63, 3.8) is 0 Å². The number of thiazole rings is 1. The molecule has 0 radical (unpaired) electrons. The summed E-state index contributed by atoms with van der Waals surface area (Å²) in [4.78, 5) is 28.9. The van der Waals surface area contributed by atoms with Crippen LogP contribution in [0.15, 0.2) is 54.7 Å². The van der Waals surface area contributed by atoms with Gasteiger partial charge in [0.1, 0.15) is 22.3 Å². The van der Waals surface area contributed by atoms with E-state index in [1.165, 1.54) is 23.1 Å². The van der Waals surface area contributed by atoms with Gasteiger partial charge in [0.05, 0.1) is 16.9 Å². The van der Waals surface area contributed by atoms with E-state index in [4.69, 9.17) is 11.6 Å². The highest BCUT2D eigenvalue weighted by atomic mass is 35.5. The number of aryl methyl sites for hydroxylation is 2. The first-order valence-electron chi connectivity index (χ1n) is 12.1. The summed E-state index contributed by atoms with van der Waals surface area (Å²) in [5, 5.41) is 10.4. The SMILES string of the molecule is CCN(CC)Cc1ccc(Nc2cc(Nc3ncc(C(=O)Nc4c(C)cccc4Cl)s3)nc(C)n2)cc1. The molecule has 3 N–H and O–H groups in total. The van der Waals surface area contributed by atoms with Gasteiger partial charge in [-0.3, -0.25) is 9.69 Å². The average Bonchev–Trinajstić information content (AvgIpc) is 3.34.